The van der Waals surface area contributed by atoms with E-state index in [-0.39, 0.29) is 12.1 Å². The summed E-state index contributed by atoms with van der Waals surface area (Å²) in [6.45, 7) is 4.15. The van der Waals surface area contributed by atoms with Gasteiger partial charge in [0.05, 0.1) is 11.3 Å². The lowest BCUT2D eigenvalue weighted by molar-refractivity contribution is -0.137. The SMILES string of the molecule is CN(CC(C)(C)CN)S(=O)(=O)Cc1cccc(C(F)(F)F)c1. The van der Waals surface area contributed by atoms with E-state index in [1.165, 1.54) is 19.2 Å². The van der Waals surface area contributed by atoms with Gasteiger partial charge in [0.25, 0.3) is 0 Å². The van der Waals surface area contributed by atoms with Gasteiger partial charge in [0, 0.05) is 13.6 Å². The second kappa shape index (κ2) is 6.55. The van der Waals surface area contributed by atoms with Gasteiger partial charge in [-0.1, -0.05) is 32.0 Å². The van der Waals surface area contributed by atoms with E-state index < -0.39 is 32.9 Å². The second-order valence-electron chi connectivity index (χ2n) is 6.08. The van der Waals surface area contributed by atoms with E-state index in [1.807, 2.05) is 13.8 Å². The first-order valence-corrected chi connectivity index (χ1v) is 8.28. The Morgan fingerprint density at radius 1 is 1.23 bits per heavy atom. The molecule has 0 atom stereocenters. The molecule has 0 aliphatic carbocycles. The second-order valence-corrected chi connectivity index (χ2v) is 8.15. The van der Waals surface area contributed by atoms with Crippen LogP contribution < -0.4 is 5.73 Å². The third kappa shape index (κ3) is 5.26. The topological polar surface area (TPSA) is 63.4 Å². The summed E-state index contributed by atoms with van der Waals surface area (Å²) in [7, 11) is -2.31. The molecule has 0 bridgehead atoms. The molecule has 4 nitrogen and oxygen atoms in total. The number of halogens is 3. The van der Waals surface area contributed by atoms with Crippen molar-refractivity contribution in [1.82, 2.24) is 4.31 Å². The van der Waals surface area contributed by atoms with Crippen molar-refractivity contribution in [1.29, 1.82) is 0 Å². The number of nitrogens with two attached hydrogens (primary N) is 1. The van der Waals surface area contributed by atoms with E-state index >= 15 is 0 Å². The zero-order valence-corrected chi connectivity index (χ0v) is 13.6. The number of hydrogen-bond acceptors (Lipinski definition) is 3. The normalized spacial score (nSPS) is 13.6. The van der Waals surface area contributed by atoms with Gasteiger partial charge in [0.2, 0.25) is 10.0 Å². The molecular formula is C14H21F3N2O2S. The fourth-order valence-corrected chi connectivity index (χ4v) is 3.29. The molecule has 1 aromatic carbocycles. The number of nitrogens with zero attached hydrogens (tertiary/aromatic N) is 1. The summed E-state index contributed by atoms with van der Waals surface area (Å²) in [6, 6.07) is 4.35. The third-order valence-corrected chi connectivity index (χ3v) is 5.06. The predicted molar refractivity (Wildman–Crippen MR) is 79.5 cm³/mol. The summed E-state index contributed by atoms with van der Waals surface area (Å²) in [5, 5.41) is 0. The highest BCUT2D eigenvalue weighted by molar-refractivity contribution is 7.88. The predicted octanol–water partition coefficient (Wildman–Crippen LogP) is 2.45. The van der Waals surface area contributed by atoms with Gasteiger partial charge in [-0.05, 0) is 23.6 Å². The summed E-state index contributed by atoms with van der Waals surface area (Å²) in [6.07, 6.45) is -4.49. The molecule has 0 aliphatic rings. The molecule has 0 fully saturated rings. The zero-order chi connectivity index (χ0) is 17.2. The van der Waals surface area contributed by atoms with Crippen molar-refractivity contribution in [3.63, 3.8) is 0 Å². The summed E-state index contributed by atoms with van der Waals surface area (Å²) in [5.74, 6) is -0.478. The molecule has 0 aromatic heterocycles. The maximum Gasteiger partial charge on any atom is 0.416 e. The number of benzene rings is 1. The Balaban J connectivity index is 2.94. The van der Waals surface area contributed by atoms with Crippen molar-refractivity contribution < 1.29 is 21.6 Å². The Bertz CT molecular complexity index is 613. The van der Waals surface area contributed by atoms with Crippen LogP contribution in [0.5, 0.6) is 0 Å². The van der Waals surface area contributed by atoms with Crippen LogP contribution in [-0.2, 0) is 22.0 Å². The van der Waals surface area contributed by atoms with Crippen LogP contribution in [0.3, 0.4) is 0 Å². The van der Waals surface area contributed by atoms with Crippen LogP contribution in [0.25, 0.3) is 0 Å². The van der Waals surface area contributed by atoms with Crippen molar-refractivity contribution >= 4 is 10.0 Å². The van der Waals surface area contributed by atoms with Gasteiger partial charge < -0.3 is 5.73 Å². The van der Waals surface area contributed by atoms with Gasteiger partial charge in [-0.3, -0.25) is 0 Å². The Morgan fingerprint density at radius 3 is 2.32 bits per heavy atom. The molecular weight excluding hydrogens is 317 g/mol. The number of sulfonamides is 1. The lowest BCUT2D eigenvalue weighted by Gasteiger charge is -2.28. The van der Waals surface area contributed by atoms with Gasteiger partial charge in [0.15, 0.2) is 0 Å². The average Bonchev–Trinajstić information content (AvgIpc) is 2.37. The molecule has 0 aliphatic heterocycles. The van der Waals surface area contributed by atoms with E-state index in [4.69, 9.17) is 5.73 Å². The Labute approximate surface area is 129 Å². The van der Waals surface area contributed by atoms with E-state index in [0.717, 1.165) is 16.4 Å². The molecule has 0 radical (unpaired) electrons. The van der Waals surface area contributed by atoms with E-state index in [2.05, 4.69) is 0 Å². The number of rotatable bonds is 6. The molecule has 0 amide bonds. The van der Waals surface area contributed by atoms with Crippen molar-refractivity contribution in [2.45, 2.75) is 25.8 Å². The van der Waals surface area contributed by atoms with Crippen molar-refractivity contribution in [2.24, 2.45) is 11.1 Å². The van der Waals surface area contributed by atoms with Gasteiger partial charge >= 0.3 is 6.18 Å². The van der Waals surface area contributed by atoms with Gasteiger partial charge in [-0.15, -0.1) is 0 Å². The smallest absolute Gasteiger partial charge is 0.330 e. The Hall–Kier alpha value is -1.12. The number of alkyl halides is 3. The lowest BCUT2D eigenvalue weighted by Crippen LogP contribution is -2.40. The fourth-order valence-electron chi connectivity index (χ4n) is 1.92. The monoisotopic (exact) mass is 338 g/mol. The Kier molecular flexibility index (Phi) is 5.64. The molecule has 2 N–H and O–H groups in total. The first-order chi connectivity index (χ1) is 9.87. The zero-order valence-electron chi connectivity index (χ0n) is 12.8. The molecule has 1 aromatic rings. The molecule has 0 spiro atoms. The van der Waals surface area contributed by atoms with Crippen molar-refractivity contribution in [3.05, 3.63) is 35.4 Å². The maximum absolute atomic E-state index is 12.7. The van der Waals surface area contributed by atoms with E-state index in [1.54, 1.807) is 0 Å². The summed E-state index contributed by atoms with van der Waals surface area (Å²) in [4.78, 5) is 0. The standard InChI is InChI=1S/C14H21F3N2O2S/c1-13(2,9-18)10-19(3)22(20,21)8-11-5-4-6-12(7-11)14(15,16)17/h4-7H,8-10,18H2,1-3H3. The lowest BCUT2D eigenvalue weighted by atomic mass is 9.94. The fraction of sp³-hybridized carbons (Fsp3) is 0.571. The molecule has 0 unspecified atom stereocenters. The molecule has 0 saturated carbocycles. The molecule has 1 rings (SSSR count). The van der Waals surface area contributed by atoms with Crippen LogP contribution in [0.2, 0.25) is 0 Å². The first-order valence-electron chi connectivity index (χ1n) is 6.68. The molecule has 8 heteroatoms. The minimum absolute atomic E-state index is 0.104. The van der Waals surface area contributed by atoms with Crippen LogP contribution in [-0.4, -0.2) is 32.9 Å². The highest BCUT2D eigenvalue weighted by atomic mass is 32.2. The summed E-state index contributed by atoms with van der Waals surface area (Å²) < 4.78 is 63.6. The Morgan fingerprint density at radius 2 is 1.82 bits per heavy atom. The largest absolute Gasteiger partial charge is 0.416 e. The highest BCUT2D eigenvalue weighted by Gasteiger charge is 2.31. The van der Waals surface area contributed by atoms with Crippen LogP contribution in [0.1, 0.15) is 25.0 Å². The minimum atomic E-state index is -4.49. The van der Waals surface area contributed by atoms with E-state index in [9.17, 15) is 21.6 Å². The van der Waals surface area contributed by atoms with Gasteiger partial charge in [0.1, 0.15) is 0 Å². The van der Waals surface area contributed by atoms with Gasteiger partial charge in [-0.25, -0.2) is 12.7 Å². The molecule has 0 saturated heterocycles. The van der Waals surface area contributed by atoms with E-state index in [0.29, 0.717) is 6.54 Å². The summed E-state index contributed by atoms with van der Waals surface area (Å²) >= 11 is 0. The number of hydrogen-bond donors (Lipinski definition) is 1. The van der Waals surface area contributed by atoms with Crippen LogP contribution >= 0.6 is 0 Å². The minimum Gasteiger partial charge on any atom is -0.330 e. The quantitative estimate of drug-likeness (QED) is 0.866. The maximum atomic E-state index is 12.7. The molecule has 22 heavy (non-hydrogen) atoms. The van der Waals surface area contributed by atoms with Crippen LogP contribution in [0.15, 0.2) is 24.3 Å². The summed E-state index contributed by atoms with van der Waals surface area (Å²) in [5.41, 5.74) is 4.41. The van der Waals surface area contributed by atoms with Gasteiger partial charge in [-0.2, -0.15) is 13.2 Å². The molecule has 126 valence electrons. The van der Waals surface area contributed by atoms with Crippen molar-refractivity contribution in [2.75, 3.05) is 20.1 Å². The van der Waals surface area contributed by atoms with Crippen molar-refractivity contribution in [3.8, 4) is 0 Å². The van der Waals surface area contributed by atoms with Crippen LogP contribution in [0, 0.1) is 5.41 Å². The average molecular weight is 338 g/mol. The van der Waals surface area contributed by atoms with Crippen LogP contribution in [0.4, 0.5) is 13.2 Å². The first kappa shape index (κ1) is 18.9. The highest BCUT2D eigenvalue weighted by Crippen LogP contribution is 2.30. The third-order valence-electron chi connectivity index (χ3n) is 3.28. The molecule has 0 heterocycles.